The molecule has 1 atom stereocenters. The van der Waals surface area contributed by atoms with E-state index in [-0.39, 0.29) is 29.4 Å². The summed E-state index contributed by atoms with van der Waals surface area (Å²) >= 11 is 1.80. The van der Waals surface area contributed by atoms with Gasteiger partial charge in [-0.1, -0.05) is 19.9 Å². The number of hydrogen-bond acceptors (Lipinski definition) is 4. The molecule has 0 amide bonds. The van der Waals surface area contributed by atoms with Gasteiger partial charge in [0.15, 0.2) is 5.96 Å². The highest BCUT2D eigenvalue weighted by molar-refractivity contribution is 14.0. The molecule has 0 saturated carbocycles. The number of nitrogens with one attached hydrogen (secondary N) is 2. The first-order chi connectivity index (χ1) is 12.0. The van der Waals surface area contributed by atoms with Gasteiger partial charge in [0.2, 0.25) is 0 Å². The Hall–Kier alpha value is -1.16. The minimum Gasteiger partial charge on any atom is -0.357 e. The maximum absolute atomic E-state index is 4.85. The number of guanidine groups is 1. The lowest BCUT2D eigenvalue weighted by atomic mass is 9.92. The van der Waals surface area contributed by atoms with Crippen LogP contribution in [-0.4, -0.2) is 39.9 Å². The Morgan fingerprint density at radius 3 is 2.96 bits per heavy atom. The van der Waals surface area contributed by atoms with E-state index in [1.165, 1.54) is 4.88 Å². The van der Waals surface area contributed by atoms with Crippen molar-refractivity contribution in [2.24, 2.45) is 4.99 Å². The molecule has 0 bridgehead atoms. The third-order valence-corrected chi connectivity index (χ3v) is 5.71. The van der Waals surface area contributed by atoms with Gasteiger partial charge < -0.3 is 10.6 Å². The number of fused-ring (bicyclic) bond motifs is 1. The smallest absolute Gasteiger partial charge is 0.191 e. The van der Waals surface area contributed by atoms with Gasteiger partial charge in [0.05, 0.1) is 13.1 Å². The summed E-state index contributed by atoms with van der Waals surface area (Å²) < 4.78 is 2.02. The van der Waals surface area contributed by atoms with Crippen LogP contribution in [0.5, 0.6) is 0 Å². The first kappa shape index (κ1) is 21.1. The van der Waals surface area contributed by atoms with Crippen molar-refractivity contribution in [1.29, 1.82) is 0 Å². The molecule has 0 saturated heterocycles. The molecule has 0 spiro atoms. The van der Waals surface area contributed by atoms with E-state index in [1.54, 1.807) is 11.3 Å². The molecule has 0 radical (unpaired) electrons. The minimum absolute atomic E-state index is 0. The molecule has 8 heteroatoms. The average molecular weight is 488 g/mol. The number of aromatic nitrogens is 3. The van der Waals surface area contributed by atoms with E-state index in [9.17, 15) is 0 Å². The van der Waals surface area contributed by atoms with Crippen molar-refractivity contribution in [2.75, 3.05) is 13.1 Å². The Morgan fingerprint density at radius 2 is 2.27 bits per heavy atom. The zero-order valence-corrected chi connectivity index (χ0v) is 19.1. The summed E-state index contributed by atoms with van der Waals surface area (Å²) in [5.74, 6) is 2.84. The summed E-state index contributed by atoms with van der Waals surface area (Å²) in [4.78, 5) is 10.7. The van der Waals surface area contributed by atoms with Crippen LogP contribution in [-0.2, 0) is 18.4 Å². The molecule has 1 aliphatic rings. The molecule has 0 aliphatic carbocycles. The van der Waals surface area contributed by atoms with Crippen LogP contribution in [0.3, 0.4) is 0 Å². The van der Waals surface area contributed by atoms with E-state index < -0.39 is 0 Å². The molecule has 3 heterocycles. The van der Waals surface area contributed by atoms with E-state index in [0.29, 0.717) is 6.04 Å². The van der Waals surface area contributed by atoms with Gasteiger partial charge >= 0.3 is 0 Å². The fourth-order valence-electron chi connectivity index (χ4n) is 3.08. The molecule has 0 aromatic carbocycles. The van der Waals surface area contributed by atoms with Crippen molar-refractivity contribution in [3.63, 3.8) is 0 Å². The number of aryl methyl sites for hydroxylation is 2. The molecule has 2 aromatic rings. The van der Waals surface area contributed by atoms with E-state index in [4.69, 9.17) is 4.99 Å². The minimum atomic E-state index is 0. The monoisotopic (exact) mass is 488 g/mol. The van der Waals surface area contributed by atoms with Crippen molar-refractivity contribution < 1.29 is 0 Å². The molecular weight excluding hydrogens is 459 g/mol. The van der Waals surface area contributed by atoms with Gasteiger partial charge in [-0.15, -0.1) is 35.3 Å². The van der Waals surface area contributed by atoms with Gasteiger partial charge in [0, 0.05) is 29.3 Å². The molecule has 144 valence electrons. The van der Waals surface area contributed by atoms with Gasteiger partial charge in [0.25, 0.3) is 0 Å². The normalized spacial score (nSPS) is 17.4. The van der Waals surface area contributed by atoms with Crippen molar-refractivity contribution in [3.8, 4) is 0 Å². The summed E-state index contributed by atoms with van der Waals surface area (Å²) in [5.41, 5.74) is 0.0409. The Labute approximate surface area is 176 Å². The predicted octanol–water partition coefficient (Wildman–Crippen LogP) is 3.11. The van der Waals surface area contributed by atoms with Crippen LogP contribution in [0.1, 0.15) is 43.7 Å². The van der Waals surface area contributed by atoms with Crippen molar-refractivity contribution >= 4 is 41.3 Å². The highest BCUT2D eigenvalue weighted by Crippen LogP contribution is 2.27. The molecule has 1 unspecified atom stereocenters. The zero-order valence-electron chi connectivity index (χ0n) is 16.0. The summed E-state index contributed by atoms with van der Waals surface area (Å²) in [6, 6.07) is 4.63. The van der Waals surface area contributed by atoms with Crippen LogP contribution in [0.15, 0.2) is 22.5 Å². The van der Waals surface area contributed by atoms with E-state index in [1.807, 2.05) is 11.6 Å². The Bertz CT molecular complexity index is 722. The molecule has 1 aliphatic heterocycles. The third-order valence-electron chi connectivity index (χ3n) is 4.47. The number of nitrogens with zero attached hydrogens (tertiary/aromatic N) is 4. The van der Waals surface area contributed by atoms with Crippen molar-refractivity contribution in [2.45, 2.75) is 58.5 Å². The SMILES string of the molecule is CCNC(=NCC(C)(C)c1cccs1)NC1CCc2nc(C)nn2C1.I. The highest BCUT2D eigenvalue weighted by atomic mass is 127. The van der Waals surface area contributed by atoms with Gasteiger partial charge in [-0.25, -0.2) is 9.67 Å². The van der Waals surface area contributed by atoms with Crippen LogP contribution in [0.25, 0.3) is 0 Å². The number of thiophene rings is 1. The fourth-order valence-corrected chi connectivity index (χ4v) is 3.93. The second kappa shape index (κ2) is 9.16. The second-order valence-corrected chi connectivity index (χ2v) is 8.14. The molecule has 3 rings (SSSR count). The fraction of sp³-hybridized carbons (Fsp3) is 0.611. The molecule has 2 N–H and O–H groups in total. The lowest BCUT2D eigenvalue weighted by Crippen LogP contribution is -2.47. The van der Waals surface area contributed by atoms with E-state index in [2.05, 4.69) is 59.0 Å². The average Bonchev–Trinajstić information content (AvgIpc) is 3.21. The first-order valence-corrected chi connectivity index (χ1v) is 9.85. The van der Waals surface area contributed by atoms with Gasteiger partial charge in [-0.3, -0.25) is 4.99 Å². The zero-order chi connectivity index (χ0) is 17.9. The molecule has 26 heavy (non-hydrogen) atoms. The quantitative estimate of drug-likeness (QED) is 0.386. The van der Waals surface area contributed by atoms with Crippen LogP contribution in [0, 0.1) is 6.92 Å². The largest absolute Gasteiger partial charge is 0.357 e. The van der Waals surface area contributed by atoms with Crippen molar-refractivity contribution in [3.05, 3.63) is 34.0 Å². The highest BCUT2D eigenvalue weighted by Gasteiger charge is 2.24. The van der Waals surface area contributed by atoms with Gasteiger partial charge in [-0.05, 0) is 31.7 Å². The maximum Gasteiger partial charge on any atom is 0.191 e. The first-order valence-electron chi connectivity index (χ1n) is 8.97. The van der Waals surface area contributed by atoms with Crippen molar-refractivity contribution in [1.82, 2.24) is 25.4 Å². The van der Waals surface area contributed by atoms with E-state index >= 15 is 0 Å². The van der Waals surface area contributed by atoms with Gasteiger partial charge in [-0.2, -0.15) is 5.10 Å². The molecular formula is C18H29IN6S. The van der Waals surface area contributed by atoms with E-state index in [0.717, 1.165) is 50.1 Å². The number of rotatable bonds is 5. The lowest BCUT2D eigenvalue weighted by molar-refractivity contribution is 0.392. The van der Waals surface area contributed by atoms with Gasteiger partial charge in [0.1, 0.15) is 11.6 Å². The summed E-state index contributed by atoms with van der Waals surface area (Å²) in [6.07, 6.45) is 2.01. The summed E-state index contributed by atoms with van der Waals surface area (Å²) in [5, 5.41) is 13.6. The summed E-state index contributed by atoms with van der Waals surface area (Å²) in [7, 11) is 0. The Kier molecular flexibility index (Phi) is 7.45. The third kappa shape index (κ3) is 5.18. The molecule has 2 aromatic heterocycles. The Morgan fingerprint density at radius 1 is 1.46 bits per heavy atom. The second-order valence-electron chi connectivity index (χ2n) is 7.19. The van der Waals surface area contributed by atoms with Crippen LogP contribution in [0.2, 0.25) is 0 Å². The van der Waals surface area contributed by atoms with Crippen LogP contribution in [0.4, 0.5) is 0 Å². The molecule has 6 nitrogen and oxygen atoms in total. The van der Waals surface area contributed by atoms with Crippen LogP contribution < -0.4 is 10.6 Å². The predicted molar refractivity (Wildman–Crippen MR) is 119 cm³/mol. The standard InChI is InChI=1S/C18H28N6S.HI/c1-5-19-17(20-12-18(3,4)15-7-6-10-25-15)22-14-8-9-16-21-13(2)23-24(16)11-14;/h6-7,10,14H,5,8-9,11-12H2,1-4H3,(H2,19,20,22);1H. The molecule has 0 fully saturated rings. The number of aliphatic imine (C=N–C) groups is 1. The lowest BCUT2D eigenvalue weighted by Gasteiger charge is -2.26. The maximum atomic E-state index is 4.85. The topological polar surface area (TPSA) is 67.1 Å². The number of halogens is 1. The summed E-state index contributed by atoms with van der Waals surface area (Å²) in [6.45, 7) is 11.0. The number of hydrogen-bond donors (Lipinski definition) is 2. The Balaban J connectivity index is 0.00000243. The van der Waals surface area contributed by atoms with Crippen LogP contribution >= 0.6 is 35.3 Å².